The van der Waals surface area contributed by atoms with E-state index >= 15 is 0 Å². The van der Waals surface area contributed by atoms with Crippen LogP contribution >= 0.6 is 12.4 Å². The standard InChI is InChI=1S/C7H9NO3.ClH/c1-10-7(9)6-5(4-8)2-3-11-6;/h2-3H,4,8H2,1H3;1H. The number of hydrogen-bond acceptors (Lipinski definition) is 4. The van der Waals surface area contributed by atoms with Crippen molar-refractivity contribution in [3.8, 4) is 0 Å². The van der Waals surface area contributed by atoms with Crippen molar-refractivity contribution in [3.63, 3.8) is 0 Å². The van der Waals surface area contributed by atoms with Crippen LogP contribution in [0.4, 0.5) is 0 Å². The maximum atomic E-state index is 10.9. The lowest BCUT2D eigenvalue weighted by Crippen LogP contribution is -2.05. The molecule has 1 rings (SSSR count). The van der Waals surface area contributed by atoms with Crippen molar-refractivity contribution >= 4 is 18.4 Å². The molecule has 0 saturated carbocycles. The van der Waals surface area contributed by atoms with E-state index in [1.807, 2.05) is 0 Å². The number of furan rings is 1. The van der Waals surface area contributed by atoms with Crippen molar-refractivity contribution in [1.82, 2.24) is 0 Å². The third-order valence-corrected chi connectivity index (χ3v) is 1.34. The van der Waals surface area contributed by atoms with E-state index in [1.54, 1.807) is 6.07 Å². The Morgan fingerprint density at radius 2 is 2.42 bits per heavy atom. The Hall–Kier alpha value is -1.00. The zero-order valence-electron chi connectivity index (χ0n) is 6.57. The molecule has 0 atom stereocenters. The van der Waals surface area contributed by atoms with Gasteiger partial charge >= 0.3 is 5.97 Å². The second kappa shape index (κ2) is 4.79. The second-order valence-electron chi connectivity index (χ2n) is 1.97. The molecule has 0 aliphatic rings. The van der Waals surface area contributed by atoms with Gasteiger partial charge in [0.25, 0.3) is 0 Å². The van der Waals surface area contributed by atoms with Crippen LogP contribution in [0.2, 0.25) is 0 Å². The number of carbonyl (C=O) groups is 1. The van der Waals surface area contributed by atoms with Gasteiger partial charge in [0.05, 0.1) is 13.4 Å². The fourth-order valence-electron chi connectivity index (χ4n) is 0.768. The van der Waals surface area contributed by atoms with Gasteiger partial charge in [0.1, 0.15) is 0 Å². The number of rotatable bonds is 2. The molecule has 1 heterocycles. The first-order chi connectivity index (χ1) is 5.29. The number of carbonyl (C=O) groups excluding carboxylic acids is 1. The molecule has 0 aromatic carbocycles. The van der Waals surface area contributed by atoms with Crippen molar-refractivity contribution in [3.05, 3.63) is 23.7 Å². The minimum atomic E-state index is -0.490. The quantitative estimate of drug-likeness (QED) is 0.707. The molecule has 0 spiro atoms. The maximum Gasteiger partial charge on any atom is 0.374 e. The number of nitrogens with two attached hydrogens (primary N) is 1. The molecule has 12 heavy (non-hydrogen) atoms. The van der Waals surface area contributed by atoms with Crippen LogP contribution in [-0.2, 0) is 11.3 Å². The van der Waals surface area contributed by atoms with Gasteiger partial charge in [-0.1, -0.05) is 0 Å². The van der Waals surface area contributed by atoms with Crippen molar-refractivity contribution < 1.29 is 13.9 Å². The lowest BCUT2D eigenvalue weighted by Gasteiger charge is -1.95. The van der Waals surface area contributed by atoms with E-state index in [2.05, 4.69) is 4.74 Å². The molecule has 4 nitrogen and oxygen atoms in total. The largest absolute Gasteiger partial charge is 0.463 e. The van der Waals surface area contributed by atoms with Crippen LogP contribution in [0.1, 0.15) is 16.1 Å². The molecule has 0 radical (unpaired) electrons. The molecule has 0 bridgehead atoms. The number of esters is 1. The van der Waals surface area contributed by atoms with Gasteiger partial charge in [0, 0.05) is 12.1 Å². The molecule has 0 unspecified atom stereocenters. The number of halogens is 1. The van der Waals surface area contributed by atoms with E-state index in [1.165, 1.54) is 13.4 Å². The van der Waals surface area contributed by atoms with Crippen LogP contribution in [0.25, 0.3) is 0 Å². The van der Waals surface area contributed by atoms with Gasteiger partial charge in [-0.25, -0.2) is 4.79 Å². The van der Waals surface area contributed by atoms with Crippen LogP contribution in [0.5, 0.6) is 0 Å². The zero-order valence-corrected chi connectivity index (χ0v) is 7.39. The van der Waals surface area contributed by atoms with E-state index in [-0.39, 0.29) is 24.7 Å². The molecule has 0 saturated heterocycles. The first-order valence-electron chi connectivity index (χ1n) is 3.14. The van der Waals surface area contributed by atoms with Crippen molar-refractivity contribution in [2.24, 2.45) is 5.73 Å². The highest BCUT2D eigenvalue weighted by molar-refractivity contribution is 5.87. The van der Waals surface area contributed by atoms with E-state index < -0.39 is 5.97 Å². The third-order valence-electron chi connectivity index (χ3n) is 1.34. The van der Waals surface area contributed by atoms with Gasteiger partial charge in [-0.3, -0.25) is 0 Å². The highest BCUT2D eigenvalue weighted by Crippen LogP contribution is 2.10. The lowest BCUT2D eigenvalue weighted by atomic mass is 10.2. The van der Waals surface area contributed by atoms with Crippen LogP contribution in [0, 0.1) is 0 Å². The molecule has 0 aliphatic carbocycles. The lowest BCUT2D eigenvalue weighted by molar-refractivity contribution is 0.0563. The Balaban J connectivity index is 0.00000121. The summed E-state index contributed by atoms with van der Waals surface area (Å²) in [6.45, 7) is 0.279. The number of methoxy groups -OCH3 is 1. The topological polar surface area (TPSA) is 65.5 Å². The molecule has 68 valence electrons. The summed E-state index contributed by atoms with van der Waals surface area (Å²) in [6, 6.07) is 1.65. The first-order valence-corrected chi connectivity index (χ1v) is 3.14. The van der Waals surface area contributed by atoms with Gasteiger partial charge in [0.2, 0.25) is 5.76 Å². The smallest absolute Gasteiger partial charge is 0.374 e. The molecular formula is C7H10ClNO3. The van der Waals surface area contributed by atoms with Crippen molar-refractivity contribution in [1.29, 1.82) is 0 Å². The summed E-state index contributed by atoms with van der Waals surface area (Å²) in [5.74, 6) is -0.301. The van der Waals surface area contributed by atoms with E-state index in [4.69, 9.17) is 10.2 Å². The van der Waals surface area contributed by atoms with Crippen LogP contribution in [0.15, 0.2) is 16.7 Å². The highest BCUT2D eigenvalue weighted by atomic mass is 35.5. The number of hydrogen-bond donors (Lipinski definition) is 1. The van der Waals surface area contributed by atoms with Gasteiger partial charge in [0.15, 0.2) is 0 Å². The molecule has 0 aliphatic heterocycles. The fourth-order valence-corrected chi connectivity index (χ4v) is 0.768. The summed E-state index contributed by atoms with van der Waals surface area (Å²) in [5.41, 5.74) is 5.98. The predicted octanol–water partition coefficient (Wildman–Crippen LogP) is 0.947. The molecule has 5 heteroatoms. The summed E-state index contributed by atoms with van der Waals surface area (Å²) in [4.78, 5) is 10.9. The van der Waals surface area contributed by atoms with Gasteiger partial charge < -0.3 is 14.9 Å². The predicted molar refractivity (Wildman–Crippen MR) is 45.2 cm³/mol. The first kappa shape index (κ1) is 11.0. The minimum Gasteiger partial charge on any atom is -0.463 e. The Labute approximate surface area is 76.1 Å². The third kappa shape index (κ3) is 1.99. The summed E-state index contributed by atoms with van der Waals surface area (Å²) in [5, 5.41) is 0. The zero-order chi connectivity index (χ0) is 8.27. The van der Waals surface area contributed by atoms with Gasteiger partial charge in [-0.15, -0.1) is 12.4 Å². The summed E-state index contributed by atoms with van der Waals surface area (Å²) >= 11 is 0. The van der Waals surface area contributed by atoms with Gasteiger partial charge in [-0.2, -0.15) is 0 Å². The summed E-state index contributed by atoms with van der Waals surface area (Å²) in [7, 11) is 1.30. The van der Waals surface area contributed by atoms with E-state index in [0.29, 0.717) is 5.56 Å². The average molecular weight is 192 g/mol. The van der Waals surface area contributed by atoms with Crippen molar-refractivity contribution in [2.45, 2.75) is 6.54 Å². The second-order valence-corrected chi connectivity index (χ2v) is 1.97. The van der Waals surface area contributed by atoms with Gasteiger partial charge in [-0.05, 0) is 6.07 Å². The maximum absolute atomic E-state index is 10.9. The SMILES string of the molecule is COC(=O)c1occc1CN.Cl. The van der Waals surface area contributed by atoms with Crippen LogP contribution in [-0.4, -0.2) is 13.1 Å². The Morgan fingerprint density at radius 1 is 1.75 bits per heavy atom. The van der Waals surface area contributed by atoms with Crippen LogP contribution < -0.4 is 5.73 Å². The summed E-state index contributed by atoms with van der Waals surface area (Å²) in [6.07, 6.45) is 1.41. The highest BCUT2D eigenvalue weighted by Gasteiger charge is 2.13. The Kier molecular flexibility index (Phi) is 4.39. The molecule has 1 aromatic rings. The molecule has 1 aromatic heterocycles. The van der Waals surface area contributed by atoms with E-state index in [0.717, 1.165) is 0 Å². The minimum absolute atomic E-state index is 0. The normalized spacial score (nSPS) is 8.83. The molecular weight excluding hydrogens is 182 g/mol. The average Bonchev–Trinajstić information content (AvgIpc) is 2.50. The molecule has 0 fully saturated rings. The molecule has 2 N–H and O–H groups in total. The molecule has 0 amide bonds. The Bertz CT molecular complexity index is 259. The fraction of sp³-hybridized carbons (Fsp3) is 0.286. The van der Waals surface area contributed by atoms with Crippen LogP contribution in [0.3, 0.4) is 0 Å². The monoisotopic (exact) mass is 191 g/mol. The summed E-state index contributed by atoms with van der Waals surface area (Å²) < 4.78 is 9.30. The Morgan fingerprint density at radius 3 is 2.92 bits per heavy atom. The van der Waals surface area contributed by atoms with E-state index in [9.17, 15) is 4.79 Å². The number of ether oxygens (including phenoxy) is 1. The van der Waals surface area contributed by atoms with Crippen molar-refractivity contribution in [2.75, 3.05) is 7.11 Å².